The first-order valence-corrected chi connectivity index (χ1v) is 14.5. The molecular weight excluding hydrogens is 738 g/mol. The predicted octanol–water partition coefficient (Wildman–Crippen LogP) is 9.29. The summed E-state index contributed by atoms with van der Waals surface area (Å²) in [6.07, 6.45) is 1.82. The Bertz CT molecular complexity index is 2140. The molecule has 2 aromatic heterocycles. The number of para-hydroxylation sites is 4. The van der Waals surface area contributed by atoms with Gasteiger partial charge in [0.1, 0.15) is 5.82 Å². The summed E-state index contributed by atoms with van der Waals surface area (Å²) in [6, 6.07) is 48.0. The Kier molecular flexibility index (Phi) is 7.52. The van der Waals surface area contributed by atoms with Crippen LogP contribution in [0.2, 0.25) is 0 Å². The van der Waals surface area contributed by atoms with Gasteiger partial charge in [0.25, 0.3) is 0 Å². The van der Waals surface area contributed by atoms with Crippen LogP contribution in [0.3, 0.4) is 0 Å². The van der Waals surface area contributed by atoms with Crippen LogP contribution in [0.25, 0.3) is 21.8 Å². The summed E-state index contributed by atoms with van der Waals surface area (Å²) in [6.45, 7) is 2.06. The summed E-state index contributed by atoms with van der Waals surface area (Å²) in [5, 5.41) is 2.40. The zero-order valence-electron chi connectivity index (χ0n) is 24.7. The maximum absolute atomic E-state index is 6.40. The molecule has 0 radical (unpaired) electrons. The van der Waals surface area contributed by atoms with E-state index in [9.17, 15) is 0 Å². The molecule has 0 saturated carbocycles. The standard InChI is InChI=1S/C38H28N5O.Pt/c1-40-26-42(35-20-6-5-19-34(35)40)27-12-9-14-29(24-27)44-30-15-10-13-28(25-30)43(37-22-7-8-23-39-37)36-21-11-17-32-31-16-3-4-18-33(31)41(2)38(32)36;/h3-23,26H,1-2H3;/q-3;. The Morgan fingerprint density at radius 2 is 1.40 bits per heavy atom. The van der Waals surface area contributed by atoms with Gasteiger partial charge in [-0.15, -0.1) is 42.1 Å². The summed E-state index contributed by atoms with van der Waals surface area (Å²) in [7, 11) is 4.16. The molecule has 5 aromatic carbocycles. The van der Waals surface area contributed by atoms with Crippen molar-refractivity contribution in [3.8, 4) is 11.5 Å². The number of nitrogens with zero attached hydrogens (tertiary/aromatic N) is 5. The van der Waals surface area contributed by atoms with E-state index in [1.165, 1.54) is 16.3 Å². The van der Waals surface area contributed by atoms with E-state index >= 15 is 0 Å². The molecule has 45 heavy (non-hydrogen) atoms. The predicted molar refractivity (Wildman–Crippen MR) is 178 cm³/mol. The molecule has 0 atom stereocenters. The average Bonchev–Trinajstić information content (AvgIpc) is 3.56. The Morgan fingerprint density at radius 3 is 2.24 bits per heavy atom. The van der Waals surface area contributed by atoms with Crippen LogP contribution in [-0.4, -0.2) is 16.6 Å². The van der Waals surface area contributed by atoms with Gasteiger partial charge < -0.3 is 24.0 Å². The van der Waals surface area contributed by atoms with Crippen LogP contribution in [0.5, 0.6) is 11.5 Å². The van der Waals surface area contributed by atoms with Gasteiger partial charge in [0, 0.05) is 73.5 Å². The number of hydrogen-bond donors (Lipinski definition) is 0. The molecule has 224 valence electrons. The summed E-state index contributed by atoms with van der Waals surface area (Å²) < 4.78 is 8.65. The largest absolute Gasteiger partial charge is 0.509 e. The molecule has 0 saturated heterocycles. The van der Waals surface area contributed by atoms with Crippen molar-refractivity contribution in [3.05, 3.63) is 146 Å². The summed E-state index contributed by atoms with van der Waals surface area (Å²) in [5.74, 6) is 1.99. The van der Waals surface area contributed by atoms with E-state index in [4.69, 9.17) is 9.72 Å². The van der Waals surface area contributed by atoms with Crippen molar-refractivity contribution in [2.24, 2.45) is 7.05 Å². The summed E-state index contributed by atoms with van der Waals surface area (Å²) in [4.78, 5) is 11.1. The van der Waals surface area contributed by atoms with Gasteiger partial charge >= 0.3 is 0 Å². The van der Waals surface area contributed by atoms with E-state index in [-0.39, 0.29) is 21.1 Å². The normalized spacial score (nSPS) is 12.3. The van der Waals surface area contributed by atoms with Crippen molar-refractivity contribution in [1.82, 2.24) is 9.55 Å². The second-order valence-electron chi connectivity index (χ2n) is 10.8. The van der Waals surface area contributed by atoms with Crippen LogP contribution in [0.4, 0.5) is 34.3 Å². The summed E-state index contributed by atoms with van der Waals surface area (Å²) in [5.41, 5.74) is 7.26. The third-order valence-electron chi connectivity index (χ3n) is 8.06. The van der Waals surface area contributed by atoms with Crippen molar-refractivity contribution >= 4 is 56.1 Å². The Labute approximate surface area is 277 Å². The first kappa shape index (κ1) is 28.7. The molecule has 1 aliphatic heterocycles. The van der Waals surface area contributed by atoms with Crippen molar-refractivity contribution < 1.29 is 25.8 Å². The van der Waals surface area contributed by atoms with E-state index < -0.39 is 0 Å². The van der Waals surface area contributed by atoms with Gasteiger partial charge in [0.15, 0.2) is 0 Å². The smallest absolute Gasteiger partial charge is 0.135 e. The molecule has 0 amide bonds. The van der Waals surface area contributed by atoms with E-state index in [1.54, 1.807) is 0 Å². The van der Waals surface area contributed by atoms with E-state index in [1.807, 2.05) is 80.0 Å². The Balaban J connectivity index is 0.00000325. The minimum absolute atomic E-state index is 0. The zero-order valence-corrected chi connectivity index (χ0v) is 26.9. The zero-order chi connectivity index (χ0) is 29.6. The fourth-order valence-corrected chi connectivity index (χ4v) is 6.10. The fraction of sp³-hybridized carbons (Fsp3) is 0.0526. The fourth-order valence-electron chi connectivity index (χ4n) is 6.10. The molecule has 6 nitrogen and oxygen atoms in total. The molecule has 0 aliphatic carbocycles. The SMILES string of the molecule is CN1[CH-]N(c2[c-]c(Oc3[c-]c(N(c4ccccn4)c4cccc5c6ccccc6n(C)c45)ccc3)ccc2)c2ccccc21.[Pt]. The van der Waals surface area contributed by atoms with E-state index in [0.717, 1.165) is 39.8 Å². The van der Waals surface area contributed by atoms with Crippen molar-refractivity contribution in [3.63, 3.8) is 0 Å². The van der Waals surface area contributed by atoms with Gasteiger partial charge in [-0.1, -0.05) is 54.2 Å². The third-order valence-corrected chi connectivity index (χ3v) is 8.06. The Hall–Kier alpha value is -5.06. The molecule has 8 rings (SSSR count). The van der Waals surface area contributed by atoms with Gasteiger partial charge in [-0.3, -0.25) is 0 Å². The van der Waals surface area contributed by atoms with E-state index in [0.29, 0.717) is 11.5 Å². The van der Waals surface area contributed by atoms with Crippen LogP contribution in [0.15, 0.2) is 128 Å². The number of aryl methyl sites for hydroxylation is 1. The first-order valence-electron chi connectivity index (χ1n) is 14.5. The average molecular weight is 766 g/mol. The minimum atomic E-state index is 0. The second-order valence-corrected chi connectivity index (χ2v) is 10.8. The number of benzene rings is 5. The third kappa shape index (κ3) is 5.01. The molecule has 1 aliphatic rings. The maximum atomic E-state index is 6.40. The van der Waals surface area contributed by atoms with Gasteiger partial charge in [0.05, 0.1) is 11.2 Å². The number of ether oxygens (including phenoxy) is 1. The molecule has 7 aromatic rings. The number of fused-ring (bicyclic) bond motifs is 4. The van der Waals surface area contributed by atoms with Crippen LogP contribution >= 0.6 is 0 Å². The molecule has 0 spiro atoms. The van der Waals surface area contributed by atoms with Gasteiger partial charge in [-0.25, -0.2) is 4.98 Å². The number of hydrogen-bond acceptors (Lipinski definition) is 5. The summed E-state index contributed by atoms with van der Waals surface area (Å²) >= 11 is 0. The van der Waals surface area contributed by atoms with Crippen LogP contribution in [0, 0.1) is 18.8 Å². The molecule has 0 unspecified atom stereocenters. The number of aromatic nitrogens is 2. The number of anilines is 6. The molecular formula is C38H28N5OPt-3. The quantitative estimate of drug-likeness (QED) is 0.158. The molecule has 0 bridgehead atoms. The molecule has 3 heterocycles. The van der Waals surface area contributed by atoms with Crippen LogP contribution < -0.4 is 19.4 Å². The molecule has 0 N–H and O–H groups in total. The molecule has 7 heteroatoms. The monoisotopic (exact) mass is 765 g/mol. The van der Waals surface area contributed by atoms with Crippen LogP contribution in [0.1, 0.15) is 0 Å². The van der Waals surface area contributed by atoms with Gasteiger partial charge in [-0.05, 0) is 43.4 Å². The van der Waals surface area contributed by atoms with Crippen molar-refractivity contribution in [1.29, 1.82) is 0 Å². The topological polar surface area (TPSA) is 36.8 Å². The van der Waals surface area contributed by atoms with E-state index in [2.05, 4.69) is 99.7 Å². The first-order chi connectivity index (χ1) is 21.7. The van der Waals surface area contributed by atoms with Crippen LogP contribution in [-0.2, 0) is 28.1 Å². The number of pyridine rings is 1. The number of rotatable bonds is 6. The van der Waals surface area contributed by atoms with Gasteiger partial charge in [0.2, 0.25) is 0 Å². The van der Waals surface area contributed by atoms with Gasteiger partial charge in [-0.2, -0.15) is 18.8 Å². The van der Waals surface area contributed by atoms with Crippen molar-refractivity contribution in [2.45, 2.75) is 0 Å². The second kappa shape index (κ2) is 11.8. The van der Waals surface area contributed by atoms with Crippen molar-refractivity contribution in [2.75, 3.05) is 21.7 Å². The molecule has 0 fully saturated rings. The Morgan fingerprint density at radius 1 is 0.689 bits per heavy atom. The maximum Gasteiger partial charge on any atom is 0.135 e. The minimum Gasteiger partial charge on any atom is -0.509 e.